The van der Waals surface area contributed by atoms with Gasteiger partial charge in [0.15, 0.2) is 5.96 Å². The van der Waals surface area contributed by atoms with Crippen LogP contribution in [0.1, 0.15) is 32.4 Å². The highest BCUT2D eigenvalue weighted by atomic mass is 15.2. The molecule has 2 rings (SSSR count). The molecule has 0 unspecified atom stereocenters. The quantitative estimate of drug-likeness (QED) is 0.642. The lowest BCUT2D eigenvalue weighted by Gasteiger charge is -2.35. The van der Waals surface area contributed by atoms with Crippen molar-refractivity contribution in [3.8, 4) is 0 Å². The summed E-state index contributed by atoms with van der Waals surface area (Å²) >= 11 is 0. The first-order chi connectivity index (χ1) is 10.7. The number of nitrogens with one attached hydrogen (secondary N) is 2. The van der Waals surface area contributed by atoms with Gasteiger partial charge in [-0.25, -0.2) is 0 Å². The van der Waals surface area contributed by atoms with Crippen LogP contribution in [-0.2, 0) is 6.42 Å². The average molecular weight is 303 g/mol. The van der Waals surface area contributed by atoms with E-state index in [1.165, 1.54) is 25.9 Å². The van der Waals surface area contributed by atoms with Crippen molar-refractivity contribution in [2.45, 2.75) is 45.2 Å². The zero-order valence-electron chi connectivity index (χ0n) is 14.0. The van der Waals surface area contributed by atoms with E-state index < -0.39 is 0 Å². The summed E-state index contributed by atoms with van der Waals surface area (Å²) in [4.78, 5) is 11.2. The molecule has 2 heterocycles. The van der Waals surface area contributed by atoms with Crippen molar-refractivity contribution in [3.05, 3.63) is 30.1 Å². The Morgan fingerprint density at radius 2 is 2.14 bits per heavy atom. The Bertz CT molecular complexity index is 449. The monoisotopic (exact) mass is 303 g/mol. The van der Waals surface area contributed by atoms with E-state index in [0.717, 1.165) is 24.6 Å². The minimum Gasteiger partial charge on any atom is -0.356 e. The molecule has 0 atom stereocenters. The third kappa shape index (κ3) is 5.30. The van der Waals surface area contributed by atoms with Gasteiger partial charge in [-0.15, -0.1) is 0 Å². The van der Waals surface area contributed by atoms with E-state index in [2.05, 4.69) is 45.4 Å². The minimum absolute atomic E-state index is 0.524. The Labute approximate surface area is 134 Å². The molecule has 22 heavy (non-hydrogen) atoms. The number of nitrogens with zero attached hydrogens (tertiary/aromatic N) is 3. The summed E-state index contributed by atoms with van der Waals surface area (Å²) in [6, 6.07) is 7.20. The number of piperidine rings is 1. The van der Waals surface area contributed by atoms with Crippen LogP contribution < -0.4 is 10.6 Å². The maximum atomic E-state index is 4.34. The van der Waals surface area contributed by atoms with E-state index in [1.54, 1.807) is 0 Å². The topological polar surface area (TPSA) is 52.6 Å². The van der Waals surface area contributed by atoms with Crippen LogP contribution in [0.3, 0.4) is 0 Å². The summed E-state index contributed by atoms with van der Waals surface area (Å²) in [5.41, 5.74) is 1.11. The first-order valence-electron chi connectivity index (χ1n) is 8.30. The number of hydrogen-bond donors (Lipinski definition) is 2. The lowest BCUT2D eigenvalue weighted by molar-refractivity contribution is 0.167. The molecule has 122 valence electrons. The molecule has 1 aromatic heterocycles. The summed E-state index contributed by atoms with van der Waals surface area (Å²) in [5, 5.41) is 6.93. The standard InChI is InChI=1S/C17H29N5/c1-14(2)22-12-8-16(9-13-22)21-17(18-3)20-11-7-15-6-4-5-10-19-15/h4-6,10,14,16H,7-9,11-13H2,1-3H3,(H2,18,20,21). The van der Waals surface area contributed by atoms with Gasteiger partial charge in [-0.1, -0.05) is 6.07 Å². The minimum atomic E-state index is 0.524. The van der Waals surface area contributed by atoms with Gasteiger partial charge < -0.3 is 15.5 Å². The highest BCUT2D eigenvalue weighted by molar-refractivity contribution is 5.79. The highest BCUT2D eigenvalue weighted by Gasteiger charge is 2.21. The van der Waals surface area contributed by atoms with Crippen LogP contribution >= 0.6 is 0 Å². The molecule has 5 nitrogen and oxygen atoms in total. The normalized spacial score (nSPS) is 17.7. The second kappa shape index (κ2) is 8.73. The molecule has 1 fully saturated rings. The molecule has 0 amide bonds. The zero-order chi connectivity index (χ0) is 15.8. The van der Waals surface area contributed by atoms with Crippen molar-refractivity contribution in [2.24, 2.45) is 4.99 Å². The van der Waals surface area contributed by atoms with Crippen LogP contribution in [0.25, 0.3) is 0 Å². The van der Waals surface area contributed by atoms with Crippen LogP contribution in [0.4, 0.5) is 0 Å². The van der Waals surface area contributed by atoms with E-state index in [-0.39, 0.29) is 0 Å². The third-order valence-corrected chi connectivity index (χ3v) is 4.22. The molecule has 0 saturated carbocycles. The van der Waals surface area contributed by atoms with Gasteiger partial charge in [0.2, 0.25) is 0 Å². The Balaban J connectivity index is 1.69. The fourth-order valence-corrected chi connectivity index (χ4v) is 2.80. The number of guanidine groups is 1. The van der Waals surface area contributed by atoms with E-state index in [0.29, 0.717) is 12.1 Å². The molecular formula is C17H29N5. The molecule has 1 aliphatic heterocycles. The van der Waals surface area contributed by atoms with E-state index in [1.807, 2.05) is 25.4 Å². The molecular weight excluding hydrogens is 274 g/mol. The molecule has 0 bridgehead atoms. The fraction of sp³-hybridized carbons (Fsp3) is 0.647. The smallest absolute Gasteiger partial charge is 0.191 e. The van der Waals surface area contributed by atoms with Gasteiger partial charge in [-0.05, 0) is 38.8 Å². The molecule has 0 aliphatic carbocycles. The predicted octanol–water partition coefficient (Wildman–Crippen LogP) is 1.66. The Kier molecular flexibility index (Phi) is 6.65. The van der Waals surface area contributed by atoms with E-state index >= 15 is 0 Å². The maximum absolute atomic E-state index is 4.34. The highest BCUT2D eigenvalue weighted by Crippen LogP contribution is 2.12. The number of likely N-dealkylation sites (tertiary alicyclic amines) is 1. The summed E-state index contributed by atoms with van der Waals surface area (Å²) in [5.74, 6) is 0.902. The molecule has 5 heteroatoms. The summed E-state index contributed by atoms with van der Waals surface area (Å²) < 4.78 is 0. The Morgan fingerprint density at radius 3 is 2.73 bits per heavy atom. The number of hydrogen-bond acceptors (Lipinski definition) is 3. The van der Waals surface area contributed by atoms with Crippen LogP contribution in [0.15, 0.2) is 29.4 Å². The van der Waals surface area contributed by atoms with Crippen molar-refractivity contribution in [2.75, 3.05) is 26.7 Å². The number of rotatable bonds is 5. The molecule has 0 radical (unpaired) electrons. The molecule has 0 spiro atoms. The largest absolute Gasteiger partial charge is 0.356 e. The van der Waals surface area contributed by atoms with E-state index in [9.17, 15) is 0 Å². The van der Waals surface area contributed by atoms with Gasteiger partial charge in [0.05, 0.1) is 0 Å². The predicted molar refractivity (Wildman–Crippen MR) is 92.2 cm³/mol. The van der Waals surface area contributed by atoms with Crippen LogP contribution in [0, 0.1) is 0 Å². The van der Waals surface area contributed by atoms with Crippen molar-refractivity contribution >= 4 is 5.96 Å². The second-order valence-corrected chi connectivity index (χ2v) is 6.12. The van der Waals surface area contributed by atoms with Crippen molar-refractivity contribution < 1.29 is 0 Å². The Hall–Kier alpha value is -1.62. The number of aromatic nitrogens is 1. The second-order valence-electron chi connectivity index (χ2n) is 6.12. The van der Waals surface area contributed by atoms with E-state index in [4.69, 9.17) is 0 Å². The molecule has 1 aromatic rings. The first-order valence-corrected chi connectivity index (χ1v) is 8.30. The summed E-state index contributed by atoms with van der Waals surface area (Å²) in [6.45, 7) is 7.72. The van der Waals surface area contributed by atoms with Gasteiger partial charge in [-0.2, -0.15) is 0 Å². The lowest BCUT2D eigenvalue weighted by atomic mass is 10.0. The average Bonchev–Trinajstić information content (AvgIpc) is 2.55. The molecule has 2 N–H and O–H groups in total. The summed E-state index contributed by atoms with van der Waals surface area (Å²) in [6.07, 6.45) is 5.11. The molecule has 1 saturated heterocycles. The van der Waals surface area contributed by atoms with Crippen molar-refractivity contribution in [1.29, 1.82) is 0 Å². The van der Waals surface area contributed by atoms with Crippen molar-refractivity contribution in [1.82, 2.24) is 20.5 Å². The van der Waals surface area contributed by atoms with Crippen molar-refractivity contribution in [3.63, 3.8) is 0 Å². The molecule has 0 aromatic carbocycles. The SMILES string of the molecule is CN=C(NCCc1ccccn1)NC1CCN(C(C)C)CC1. The first kappa shape index (κ1) is 16.7. The molecule has 1 aliphatic rings. The fourth-order valence-electron chi connectivity index (χ4n) is 2.80. The Morgan fingerprint density at radius 1 is 1.36 bits per heavy atom. The van der Waals surface area contributed by atoms with Crippen LogP contribution in [0.5, 0.6) is 0 Å². The maximum Gasteiger partial charge on any atom is 0.191 e. The van der Waals surface area contributed by atoms with Gasteiger partial charge in [-0.3, -0.25) is 9.98 Å². The van der Waals surface area contributed by atoms with Crippen LogP contribution in [-0.4, -0.2) is 54.6 Å². The summed E-state index contributed by atoms with van der Waals surface area (Å²) in [7, 11) is 1.83. The lowest BCUT2D eigenvalue weighted by Crippen LogP contribution is -2.50. The van der Waals surface area contributed by atoms with Gasteiger partial charge in [0.1, 0.15) is 0 Å². The zero-order valence-corrected chi connectivity index (χ0v) is 14.0. The number of pyridine rings is 1. The van der Waals surface area contributed by atoms with Gasteiger partial charge >= 0.3 is 0 Å². The number of aliphatic imine (C=N–C) groups is 1. The van der Waals surface area contributed by atoms with Crippen LogP contribution in [0.2, 0.25) is 0 Å². The third-order valence-electron chi connectivity index (χ3n) is 4.22. The van der Waals surface area contributed by atoms with Gasteiger partial charge in [0.25, 0.3) is 0 Å². The van der Waals surface area contributed by atoms with Gasteiger partial charge in [0, 0.05) is 57.1 Å².